The fraction of sp³-hybridized carbons (Fsp3) is 0.455. The molecule has 0 saturated carbocycles. The molecule has 0 aliphatic carbocycles. The van der Waals surface area contributed by atoms with Crippen LogP contribution in [0.5, 0.6) is 0 Å². The molecule has 29 heavy (non-hydrogen) atoms. The van der Waals surface area contributed by atoms with Gasteiger partial charge in [-0.15, -0.1) is 0 Å². The summed E-state index contributed by atoms with van der Waals surface area (Å²) in [7, 11) is 1.65. The molecule has 156 valence electrons. The number of piperidine rings is 1. The first-order valence-electron chi connectivity index (χ1n) is 10.2. The lowest BCUT2D eigenvalue weighted by Gasteiger charge is -2.33. The minimum absolute atomic E-state index is 0.211. The molecule has 6 nitrogen and oxygen atoms in total. The average molecular weight is 400 g/mol. The van der Waals surface area contributed by atoms with Gasteiger partial charge in [-0.2, -0.15) is 0 Å². The Morgan fingerprint density at radius 3 is 2.62 bits per heavy atom. The van der Waals surface area contributed by atoms with Crippen LogP contribution in [0.25, 0.3) is 0 Å². The van der Waals surface area contributed by atoms with E-state index < -0.39 is 0 Å². The monoisotopic (exact) mass is 399 g/mol. The molecule has 0 amide bonds. The second-order valence-corrected chi connectivity index (χ2v) is 7.09. The minimum Gasteiger partial charge on any atom is -0.375 e. The van der Waals surface area contributed by atoms with Gasteiger partial charge in [-0.3, -0.25) is 4.99 Å². The molecule has 0 radical (unpaired) electrons. The molecule has 0 spiro atoms. The van der Waals surface area contributed by atoms with Gasteiger partial charge in [0.15, 0.2) is 5.96 Å². The summed E-state index contributed by atoms with van der Waals surface area (Å²) in [4.78, 5) is 11.5. The first kappa shape index (κ1) is 21.0. The van der Waals surface area contributed by atoms with Crippen LogP contribution in [-0.4, -0.2) is 50.3 Å². The number of ether oxygens (including phenoxy) is 1. The normalized spacial score (nSPS) is 16.5. The Balaban J connectivity index is 1.56. The number of anilines is 1. The molecule has 1 aliphatic heterocycles. The number of guanidine groups is 1. The molecule has 1 fully saturated rings. The Labute approximate surface area is 172 Å². The Morgan fingerprint density at radius 1 is 1.24 bits per heavy atom. The van der Waals surface area contributed by atoms with Crippen molar-refractivity contribution in [2.45, 2.75) is 31.9 Å². The van der Waals surface area contributed by atoms with Gasteiger partial charge in [-0.1, -0.05) is 18.2 Å². The molecule has 7 heteroatoms. The molecule has 1 saturated heterocycles. The van der Waals surface area contributed by atoms with E-state index in [0.717, 1.165) is 49.8 Å². The van der Waals surface area contributed by atoms with Gasteiger partial charge in [0.05, 0.1) is 6.54 Å². The van der Waals surface area contributed by atoms with Crippen molar-refractivity contribution in [2.75, 3.05) is 38.2 Å². The maximum Gasteiger partial charge on any atom is 0.191 e. The molecule has 0 bridgehead atoms. The average Bonchev–Trinajstić information content (AvgIpc) is 2.76. The van der Waals surface area contributed by atoms with Gasteiger partial charge in [0.25, 0.3) is 0 Å². The van der Waals surface area contributed by atoms with E-state index in [-0.39, 0.29) is 11.9 Å². The number of hydrogen-bond acceptors (Lipinski definition) is 4. The lowest BCUT2D eigenvalue weighted by molar-refractivity contribution is 0.111. The predicted octanol–water partition coefficient (Wildman–Crippen LogP) is 3.13. The fourth-order valence-corrected chi connectivity index (χ4v) is 3.47. The zero-order valence-corrected chi connectivity index (χ0v) is 17.1. The van der Waals surface area contributed by atoms with Gasteiger partial charge in [-0.25, -0.2) is 9.37 Å². The van der Waals surface area contributed by atoms with Crippen LogP contribution in [-0.2, 0) is 4.74 Å². The molecule has 2 N–H and O–H groups in total. The maximum absolute atomic E-state index is 13.2. The van der Waals surface area contributed by atoms with Crippen molar-refractivity contribution in [1.29, 1.82) is 0 Å². The molecule has 1 unspecified atom stereocenters. The standard InChI is InChI=1S/C22H30FN5O/c1-3-24-22(26-16-20(29-2)17-7-9-18(23)10-8-17)27-19-11-14-28(15-12-19)21-6-4-5-13-25-21/h4-10,13,19-20H,3,11-12,14-16H2,1-2H3,(H2,24,26,27). The van der Waals surface area contributed by atoms with Gasteiger partial charge in [0, 0.05) is 39.0 Å². The molecule has 1 atom stereocenters. The largest absolute Gasteiger partial charge is 0.375 e. The Morgan fingerprint density at radius 2 is 2.00 bits per heavy atom. The molecular formula is C22H30FN5O. The fourth-order valence-electron chi connectivity index (χ4n) is 3.47. The van der Waals surface area contributed by atoms with E-state index in [1.807, 2.05) is 18.3 Å². The highest BCUT2D eigenvalue weighted by Crippen LogP contribution is 2.19. The van der Waals surface area contributed by atoms with Gasteiger partial charge >= 0.3 is 0 Å². The summed E-state index contributed by atoms with van der Waals surface area (Å²) in [5.74, 6) is 1.57. The Kier molecular flexibility index (Phi) is 7.81. The van der Waals surface area contributed by atoms with E-state index in [2.05, 4.69) is 33.5 Å². The van der Waals surface area contributed by atoms with Crippen molar-refractivity contribution >= 4 is 11.8 Å². The zero-order chi connectivity index (χ0) is 20.5. The van der Waals surface area contributed by atoms with Crippen LogP contribution < -0.4 is 15.5 Å². The van der Waals surface area contributed by atoms with Crippen LogP contribution >= 0.6 is 0 Å². The summed E-state index contributed by atoms with van der Waals surface area (Å²) in [6.45, 7) is 5.22. The maximum atomic E-state index is 13.2. The summed E-state index contributed by atoms with van der Waals surface area (Å²) < 4.78 is 18.7. The quantitative estimate of drug-likeness (QED) is 0.553. The topological polar surface area (TPSA) is 61.8 Å². The number of methoxy groups -OCH3 is 1. The van der Waals surface area contributed by atoms with Gasteiger partial charge in [0.1, 0.15) is 17.7 Å². The number of benzene rings is 1. The van der Waals surface area contributed by atoms with Crippen LogP contribution in [0.15, 0.2) is 53.7 Å². The molecular weight excluding hydrogens is 369 g/mol. The third-order valence-corrected chi connectivity index (χ3v) is 5.09. The van der Waals surface area contributed by atoms with Crippen LogP contribution in [0.2, 0.25) is 0 Å². The van der Waals surface area contributed by atoms with Gasteiger partial charge < -0.3 is 20.3 Å². The molecule has 2 aromatic rings. The van der Waals surface area contributed by atoms with Gasteiger partial charge in [-0.05, 0) is 49.6 Å². The van der Waals surface area contributed by atoms with E-state index in [1.54, 1.807) is 19.2 Å². The smallest absolute Gasteiger partial charge is 0.191 e. The predicted molar refractivity (Wildman–Crippen MR) is 115 cm³/mol. The molecule has 1 aromatic heterocycles. The SMILES string of the molecule is CCNC(=NCC(OC)c1ccc(F)cc1)NC1CCN(c2ccccn2)CC1. The lowest BCUT2D eigenvalue weighted by atomic mass is 10.1. The Bertz CT molecular complexity index is 761. The van der Waals surface area contributed by atoms with Crippen LogP contribution in [0.4, 0.5) is 10.2 Å². The van der Waals surface area contributed by atoms with E-state index in [0.29, 0.717) is 12.6 Å². The first-order valence-corrected chi connectivity index (χ1v) is 10.2. The van der Waals surface area contributed by atoms with Gasteiger partial charge in [0.2, 0.25) is 0 Å². The highest BCUT2D eigenvalue weighted by Gasteiger charge is 2.21. The van der Waals surface area contributed by atoms with Crippen molar-refractivity contribution in [3.63, 3.8) is 0 Å². The molecule has 1 aliphatic rings. The molecule has 3 rings (SSSR count). The van der Waals surface area contributed by atoms with Crippen molar-refractivity contribution in [3.8, 4) is 0 Å². The minimum atomic E-state index is -0.251. The first-order chi connectivity index (χ1) is 14.2. The number of aromatic nitrogens is 1. The number of hydrogen-bond donors (Lipinski definition) is 2. The number of aliphatic imine (C=N–C) groups is 1. The van der Waals surface area contributed by atoms with Crippen LogP contribution in [0.3, 0.4) is 0 Å². The lowest BCUT2D eigenvalue weighted by Crippen LogP contribution is -2.49. The number of nitrogens with one attached hydrogen (secondary N) is 2. The second kappa shape index (κ2) is 10.8. The van der Waals surface area contributed by atoms with Crippen molar-refractivity contribution in [2.24, 2.45) is 4.99 Å². The Hall–Kier alpha value is -2.67. The molecule has 2 heterocycles. The summed E-state index contributed by atoms with van der Waals surface area (Å²) >= 11 is 0. The number of rotatable bonds is 7. The number of halogens is 1. The summed E-state index contributed by atoms with van der Waals surface area (Å²) in [6.07, 6.45) is 3.67. The number of nitrogens with zero attached hydrogens (tertiary/aromatic N) is 3. The third-order valence-electron chi connectivity index (χ3n) is 5.09. The van der Waals surface area contributed by atoms with Crippen LogP contribution in [0, 0.1) is 5.82 Å². The highest BCUT2D eigenvalue weighted by molar-refractivity contribution is 5.80. The highest BCUT2D eigenvalue weighted by atomic mass is 19.1. The summed E-state index contributed by atoms with van der Waals surface area (Å²) in [5.41, 5.74) is 0.914. The van der Waals surface area contributed by atoms with E-state index >= 15 is 0 Å². The third kappa shape index (κ3) is 6.15. The van der Waals surface area contributed by atoms with E-state index in [4.69, 9.17) is 9.73 Å². The second-order valence-electron chi connectivity index (χ2n) is 7.09. The molecule has 1 aromatic carbocycles. The van der Waals surface area contributed by atoms with Crippen LogP contribution in [0.1, 0.15) is 31.4 Å². The van der Waals surface area contributed by atoms with E-state index in [1.165, 1.54) is 12.1 Å². The summed E-state index contributed by atoms with van der Waals surface area (Å²) in [5, 5.41) is 6.86. The zero-order valence-electron chi connectivity index (χ0n) is 17.1. The van der Waals surface area contributed by atoms with E-state index in [9.17, 15) is 4.39 Å². The van der Waals surface area contributed by atoms with Crippen molar-refractivity contribution in [1.82, 2.24) is 15.6 Å². The van der Waals surface area contributed by atoms with Crippen molar-refractivity contribution < 1.29 is 9.13 Å². The number of pyridine rings is 1. The van der Waals surface area contributed by atoms with Crippen molar-refractivity contribution in [3.05, 3.63) is 60.0 Å². The summed E-state index contributed by atoms with van der Waals surface area (Å²) in [6, 6.07) is 12.8.